The number of ether oxygens (including phenoxy) is 9. The van der Waals surface area contributed by atoms with Gasteiger partial charge < -0.3 is 125 Å². The molecule has 0 aliphatic carbocycles. The molecular weight excluding hydrogens is 836 g/mol. The van der Waals surface area contributed by atoms with Crippen molar-refractivity contribution in [3.8, 4) is 0 Å². The van der Waals surface area contributed by atoms with Gasteiger partial charge in [0.05, 0.1) is 32.5 Å². The molecule has 27 nitrogen and oxygen atoms in total. The molecule has 0 radical (unpaired) electrons. The zero-order chi connectivity index (χ0) is 45.2. The third kappa shape index (κ3) is 10.9. The molecule has 5 aliphatic rings. The van der Waals surface area contributed by atoms with Crippen molar-refractivity contribution < 1.29 is 124 Å². The molecule has 16 N–H and O–H groups in total. The highest BCUT2D eigenvalue weighted by Crippen LogP contribution is 2.35. The molecule has 5 fully saturated rings. The van der Waals surface area contributed by atoms with Gasteiger partial charge in [-0.15, -0.1) is 0 Å². The predicted octanol–water partition coefficient (Wildman–Crippen LogP) is -10.6. The average molecular weight is 895 g/mol. The maximum Gasteiger partial charge on any atom is 0.217 e. The highest BCUT2D eigenvalue weighted by Gasteiger charge is 2.56. The fourth-order valence-electron chi connectivity index (χ4n) is 7.68. The van der Waals surface area contributed by atoms with Gasteiger partial charge in [-0.05, 0) is 6.92 Å². The van der Waals surface area contributed by atoms with E-state index in [0.717, 1.165) is 13.8 Å². The first kappa shape index (κ1) is 50.0. The van der Waals surface area contributed by atoms with E-state index in [9.17, 15) is 81.1 Å². The molecule has 0 saturated carbocycles. The van der Waals surface area contributed by atoms with Crippen LogP contribution in [0.5, 0.6) is 0 Å². The Hall–Kier alpha value is -1.98. The van der Waals surface area contributed by atoms with Crippen LogP contribution in [0.4, 0.5) is 0 Å². The first-order valence-electron chi connectivity index (χ1n) is 19.4. The lowest BCUT2D eigenvalue weighted by molar-refractivity contribution is -0.380. The normalized spacial score (nSPS) is 49.6. The topological polar surface area (TPSA) is 424 Å². The van der Waals surface area contributed by atoms with Crippen LogP contribution >= 0.6 is 0 Å². The molecule has 0 aromatic carbocycles. The van der Waals surface area contributed by atoms with Gasteiger partial charge in [0, 0.05) is 13.8 Å². The minimum atomic E-state index is -2.09. The van der Waals surface area contributed by atoms with Crippen LogP contribution in [0.1, 0.15) is 20.8 Å². The molecule has 25 atom stereocenters. The van der Waals surface area contributed by atoms with Gasteiger partial charge >= 0.3 is 0 Å². The molecule has 61 heavy (non-hydrogen) atoms. The molecule has 5 rings (SSSR count). The van der Waals surface area contributed by atoms with E-state index in [-0.39, 0.29) is 0 Å². The molecule has 5 aliphatic heterocycles. The Kier molecular flexibility index (Phi) is 17.5. The van der Waals surface area contributed by atoms with Gasteiger partial charge in [-0.1, -0.05) is 0 Å². The van der Waals surface area contributed by atoms with Crippen molar-refractivity contribution in [2.75, 3.05) is 26.4 Å². The van der Waals surface area contributed by atoms with Crippen LogP contribution in [-0.2, 0) is 52.2 Å². The third-order valence-corrected chi connectivity index (χ3v) is 11.1. The fourth-order valence-corrected chi connectivity index (χ4v) is 7.68. The summed E-state index contributed by atoms with van der Waals surface area (Å²) in [5.41, 5.74) is 0. The minimum absolute atomic E-state index is 0.681. The third-order valence-electron chi connectivity index (χ3n) is 11.1. The molecule has 5 heterocycles. The average Bonchev–Trinajstić information content (AvgIpc) is 3.21. The van der Waals surface area contributed by atoms with Crippen LogP contribution in [0.25, 0.3) is 0 Å². The predicted molar refractivity (Wildman–Crippen MR) is 188 cm³/mol. The summed E-state index contributed by atoms with van der Waals surface area (Å²) in [5.74, 6) is -1.51. The number of hydrogen-bond acceptors (Lipinski definition) is 25. The Balaban J connectivity index is 1.37. The number of amides is 2. The van der Waals surface area contributed by atoms with Gasteiger partial charge in [-0.3, -0.25) is 9.59 Å². The lowest BCUT2D eigenvalue weighted by Gasteiger charge is -2.50. The SMILES string of the molecule is CC(=O)N[C@H]1[C@H](O[C@H]2[C@H](O)[C@@H](NC(C)=O)C(O)O[C@@H]2CO[C@@H]2O[C@@H](C)[C@@H](O)[C@@H](O)[C@@H]2O)O[C@H](CO)[C@@H](O[C@@H]2O[C@H](CO)[C@@H](O)[C@H](O[C@H]3O[C@H](CO)[C@@H](O)[C@H](O)[C@@H]3O)[C@@H]2O)[C@@H]1O. The lowest BCUT2D eigenvalue weighted by atomic mass is 9.94. The van der Waals surface area contributed by atoms with Crippen molar-refractivity contribution in [1.82, 2.24) is 10.6 Å². The molecular formula is C34H58N2O25. The second kappa shape index (κ2) is 21.3. The van der Waals surface area contributed by atoms with Crippen molar-refractivity contribution in [1.29, 1.82) is 0 Å². The summed E-state index contributed by atoms with van der Waals surface area (Å²) in [6.07, 6.45) is -40.3. The van der Waals surface area contributed by atoms with E-state index in [1.807, 2.05) is 0 Å². The van der Waals surface area contributed by atoms with Crippen LogP contribution in [0.15, 0.2) is 0 Å². The number of nitrogens with one attached hydrogen (secondary N) is 2. The van der Waals surface area contributed by atoms with E-state index in [2.05, 4.69) is 10.6 Å². The second-order valence-electron chi connectivity index (χ2n) is 15.4. The molecule has 27 heteroatoms. The van der Waals surface area contributed by atoms with Crippen LogP contribution < -0.4 is 10.6 Å². The quantitative estimate of drug-likeness (QED) is 0.0770. The fraction of sp³-hybridized carbons (Fsp3) is 0.941. The first-order chi connectivity index (χ1) is 28.7. The summed E-state index contributed by atoms with van der Waals surface area (Å²) in [5, 5.41) is 153. The molecule has 0 bridgehead atoms. The van der Waals surface area contributed by atoms with Crippen molar-refractivity contribution in [2.24, 2.45) is 0 Å². The maximum absolute atomic E-state index is 12.5. The second-order valence-corrected chi connectivity index (χ2v) is 15.4. The molecule has 0 aromatic rings. The smallest absolute Gasteiger partial charge is 0.217 e. The van der Waals surface area contributed by atoms with E-state index in [0.29, 0.717) is 0 Å². The molecule has 1 unspecified atom stereocenters. The largest absolute Gasteiger partial charge is 0.394 e. The molecule has 0 aromatic heterocycles. The number of aliphatic hydroxyl groups excluding tert-OH is 14. The van der Waals surface area contributed by atoms with Gasteiger partial charge in [0.2, 0.25) is 11.8 Å². The Labute approximate surface area is 346 Å². The van der Waals surface area contributed by atoms with Crippen LogP contribution in [-0.4, -0.2) is 263 Å². The Morgan fingerprint density at radius 3 is 1.51 bits per heavy atom. The number of carbonyl (C=O) groups is 2. The van der Waals surface area contributed by atoms with Crippen LogP contribution in [0.3, 0.4) is 0 Å². The van der Waals surface area contributed by atoms with Gasteiger partial charge in [-0.2, -0.15) is 0 Å². The molecule has 5 saturated heterocycles. The zero-order valence-corrected chi connectivity index (χ0v) is 33.0. The molecule has 354 valence electrons. The van der Waals surface area contributed by atoms with E-state index >= 15 is 0 Å². The molecule has 2 amide bonds. The zero-order valence-electron chi connectivity index (χ0n) is 33.0. The number of carbonyl (C=O) groups excluding carboxylic acids is 2. The first-order valence-corrected chi connectivity index (χ1v) is 19.4. The summed E-state index contributed by atoms with van der Waals surface area (Å²) in [4.78, 5) is 24.5. The Morgan fingerprint density at radius 2 is 0.918 bits per heavy atom. The Morgan fingerprint density at radius 1 is 0.459 bits per heavy atom. The van der Waals surface area contributed by atoms with Crippen LogP contribution in [0.2, 0.25) is 0 Å². The summed E-state index contributed by atoms with van der Waals surface area (Å²) in [7, 11) is 0. The maximum atomic E-state index is 12.5. The summed E-state index contributed by atoms with van der Waals surface area (Å²) in [6, 6.07) is -3.25. The van der Waals surface area contributed by atoms with Crippen LogP contribution in [0, 0.1) is 0 Å². The van der Waals surface area contributed by atoms with Gasteiger partial charge in [0.15, 0.2) is 31.5 Å². The number of rotatable bonds is 14. The van der Waals surface area contributed by atoms with Crippen molar-refractivity contribution in [3.05, 3.63) is 0 Å². The van der Waals surface area contributed by atoms with Gasteiger partial charge in [0.25, 0.3) is 0 Å². The summed E-state index contributed by atoms with van der Waals surface area (Å²) >= 11 is 0. The van der Waals surface area contributed by atoms with E-state index < -0.39 is 192 Å². The highest BCUT2D eigenvalue weighted by atomic mass is 16.8. The summed E-state index contributed by atoms with van der Waals surface area (Å²) in [6.45, 7) is 0.0652. The van der Waals surface area contributed by atoms with E-state index in [1.165, 1.54) is 6.92 Å². The Bertz CT molecular complexity index is 1420. The van der Waals surface area contributed by atoms with E-state index in [1.54, 1.807) is 0 Å². The van der Waals surface area contributed by atoms with Crippen molar-refractivity contribution in [3.63, 3.8) is 0 Å². The summed E-state index contributed by atoms with van der Waals surface area (Å²) < 4.78 is 51.0. The standard InChI is InChI=1S/C34H58N2O25/c1-8-17(42)22(47)24(49)32(54-8)53-7-14-28(20(45)15(30(52)55-14)35-9(2)40)59-31-16(36-10(3)41)21(46)27(13(6-39)58-31)60-34-26(51)29(19(44)12(5-38)57-34)61-33-25(50)23(48)18(43)11(4-37)56-33/h8,11-34,37-39,42-52H,4-7H2,1-3H3,(H,35,40)(H,36,41)/t8-,11+,12+,13+,14+,15+,16+,17+,18+,19+,20+,21+,22+,23-,24-,25-,26-,27+,28+,29-,30?,31-,32+,33+,34-/m0/s1. The lowest BCUT2D eigenvalue weighted by Crippen LogP contribution is -2.70. The van der Waals surface area contributed by atoms with E-state index in [4.69, 9.17) is 42.6 Å². The highest BCUT2D eigenvalue weighted by molar-refractivity contribution is 5.73. The van der Waals surface area contributed by atoms with Crippen molar-refractivity contribution >= 4 is 11.8 Å². The number of hydrogen-bond donors (Lipinski definition) is 16. The monoisotopic (exact) mass is 894 g/mol. The molecule has 0 spiro atoms. The number of aliphatic hydroxyl groups is 14. The minimum Gasteiger partial charge on any atom is -0.394 e. The van der Waals surface area contributed by atoms with Gasteiger partial charge in [0.1, 0.15) is 116 Å². The van der Waals surface area contributed by atoms with Gasteiger partial charge in [-0.25, -0.2) is 0 Å². The van der Waals surface area contributed by atoms with Crippen molar-refractivity contribution in [2.45, 2.75) is 174 Å².